The lowest BCUT2D eigenvalue weighted by atomic mass is 10.0. The summed E-state index contributed by atoms with van der Waals surface area (Å²) in [6.45, 7) is 0. The molecule has 18 heavy (non-hydrogen) atoms. The van der Waals surface area contributed by atoms with E-state index in [9.17, 15) is 4.79 Å². The average molecular weight is 264 g/mol. The van der Waals surface area contributed by atoms with Crippen molar-refractivity contribution in [2.45, 2.75) is 30.2 Å². The van der Waals surface area contributed by atoms with Gasteiger partial charge >= 0.3 is 0 Å². The highest BCUT2D eigenvalue weighted by atomic mass is 32.2. The van der Waals surface area contributed by atoms with Crippen molar-refractivity contribution in [3.05, 3.63) is 29.3 Å². The summed E-state index contributed by atoms with van der Waals surface area (Å²) in [6.07, 6.45) is 3.01. The number of likely N-dealkylation sites (N-methyl/N-ethyl adjacent to an activating group) is 1. The molecule has 1 unspecified atom stereocenters. The highest BCUT2D eigenvalue weighted by Gasteiger charge is 2.17. The predicted octanol–water partition coefficient (Wildman–Crippen LogP) is 1.68. The van der Waals surface area contributed by atoms with Crippen LogP contribution >= 0.6 is 11.8 Å². The van der Waals surface area contributed by atoms with Gasteiger partial charge in [0.2, 0.25) is 5.91 Å². The van der Waals surface area contributed by atoms with Crippen LogP contribution in [0.4, 0.5) is 0 Å². The van der Waals surface area contributed by atoms with Crippen LogP contribution in [0.5, 0.6) is 0 Å². The summed E-state index contributed by atoms with van der Waals surface area (Å²) < 4.78 is 0. The van der Waals surface area contributed by atoms with Crippen LogP contribution in [0.2, 0.25) is 0 Å². The zero-order valence-corrected chi connectivity index (χ0v) is 11.8. The molecule has 2 N–H and O–H groups in total. The van der Waals surface area contributed by atoms with E-state index in [1.165, 1.54) is 28.2 Å². The molecule has 1 aromatic carbocycles. The number of carbonyl (C=O) groups is 1. The van der Waals surface area contributed by atoms with Crippen LogP contribution in [0.15, 0.2) is 23.1 Å². The van der Waals surface area contributed by atoms with Crippen molar-refractivity contribution in [3.63, 3.8) is 0 Å². The van der Waals surface area contributed by atoms with Crippen LogP contribution in [0.1, 0.15) is 17.5 Å². The fourth-order valence-corrected chi connectivity index (χ4v) is 3.23. The molecule has 1 aromatic rings. The number of nitrogens with two attached hydrogens (primary N) is 1. The SMILES string of the molecule is CN(C)C(=O)C(N)Cc1ccc2c(c1)CCCS2. The van der Waals surface area contributed by atoms with Gasteiger partial charge in [-0.05, 0) is 42.2 Å². The highest BCUT2D eigenvalue weighted by molar-refractivity contribution is 7.99. The number of aryl methyl sites for hydroxylation is 1. The molecule has 0 aliphatic carbocycles. The molecule has 0 fully saturated rings. The highest BCUT2D eigenvalue weighted by Crippen LogP contribution is 2.30. The van der Waals surface area contributed by atoms with Crippen LogP contribution in [-0.2, 0) is 17.6 Å². The maximum atomic E-state index is 11.7. The Morgan fingerprint density at radius 3 is 3.00 bits per heavy atom. The van der Waals surface area contributed by atoms with Gasteiger partial charge in [-0.2, -0.15) is 0 Å². The third-order valence-electron chi connectivity index (χ3n) is 3.19. The Bertz CT molecular complexity index is 445. The molecule has 2 rings (SSSR count). The van der Waals surface area contributed by atoms with Crippen molar-refractivity contribution in [3.8, 4) is 0 Å². The van der Waals surface area contributed by atoms with Gasteiger partial charge in [0, 0.05) is 19.0 Å². The van der Waals surface area contributed by atoms with Gasteiger partial charge in [-0.1, -0.05) is 12.1 Å². The molecule has 1 atom stereocenters. The van der Waals surface area contributed by atoms with Crippen LogP contribution in [-0.4, -0.2) is 36.7 Å². The van der Waals surface area contributed by atoms with E-state index in [4.69, 9.17) is 5.73 Å². The Kier molecular flexibility index (Phi) is 4.30. The number of amides is 1. The monoisotopic (exact) mass is 264 g/mol. The zero-order chi connectivity index (χ0) is 13.1. The number of fused-ring (bicyclic) bond motifs is 1. The van der Waals surface area contributed by atoms with E-state index < -0.39 is 6.04 Å². The van der Waals surface area contributed by atoms with Gasteiger partial charge in [0.05, 0.1) is 6.04 Å². The standard InChI is InChI=1S/C14H20N2OS/c1-16(2)14(17)12(15)9-10-5-6-13-11(8-10)4-3-7-18-13/h5-6,8,12H,3-4,7,9,15H2,1-2H3. The lowest BCUT2D eigenvalue weighted by molar-refractivity contribution is -0.130. The minimum atomic E-state index is -0.436. The third kappa shape index (κ3) is 3.06. The maximum absolute atomic E-state index is 11.7. The van der Waals surface area contributed by atoms with E-state index >= 15 is 0 Å². The molecule has 1 heterocycles. The quantitative estimate of drug-likeness (QED) is 0.903. The molecule has 0 radical (unpaired) electrons. The normalized spacial score (nSPS) is 15.9. The molecule has 3 nitrogen and oxygen atoms in total. The second-order valence-corrected chi connectivity index (χ2v) is 6.07. The van der Waals surface area contributed by atoms with Gasteiger partial charge < -0.3 is 10.6 Å². The minimum Gasteiger partial charge on any atom is -0.347 e. The van der Waals surface area contributed by atoms with Crippen molar-refractivity contribution in [1.82, 2.24) is 4.90 Å². The number of rotatable bonds is 3. The molecule has 1 aliphatic heterocycles. The Labute approximate surface area is 113 Å². The molecule has 0 saturated carbocycles. The molecule has 4 heteroatoms. The molecule has 0 bridgehead atoms. The molecule has 1 aliphatic rings. The van der Waals surface area contributed by atoms with Gasteiger partial charge in [-0.15, -0.1) is 11.8 Å². The summed E-state index contributed by atoms with van der Waals surface area (Å²) in [6, 6.07) is 6.04. The van der Waals surface area contributed by atoms with Crippen molar-refractivity contribution in [2.24, 2.45) is 5.73 Å². The second kappa shape index (κ2) is 5.76. The summed E-state index contributed by atoms with van der Waals surface area (Å²) >= 11 is 1.92. The first-order valence-corrected chi connectivity index (χ1v) is 7.28. The number of hydrogen-bond donors (Lipinski definition) is 1. The van der Waals surface area contributed by atoms with E-state index in [1.54, 1.807) is 19.0 Å². The number of nitrogens with zero attached hydrogens (tertiary/aromatic N) is 1. The van der Waals surface area contributed by atoms with Crippen LogP contribution in [0.3, 0.4) is 0 Å². The van der Waals surface area contributed by atoms with E-state index in [0.29, 0.717) is 6.42 Å². The summed E-state index contributed by atoms with van der Waals surface area (Å²) in [7, 11) is 3.48. The largest absolute Gasteiger partial charge is 0.347 e. The lowest BCUT2D eigenvalue weighted by Gasteiger charge is -2.19. The van der Waals surface area contributed by atoms with Gasteiger partial charge in [-0.25, -0.2) is 0 Å². The lowest BCUT2D eigenvalue weighted by Crippen LogP contribution is -2.41. The molecule has 0 spiro atoms. The summed E-state index contributed by atoms with van der Waals surface area (Å²) in [5, 5.41) is 0. The van der Waals surface area contributed by atoms with E-state index in [1.807, 2.05) is 11.8 Å². The first kappa shape index (κ1) is 13.4. The fourth-order valence-electron chi connectivity index (χ4n) is 2.21. The molecule has 1 amide bonds. The van der Waals surface area contributed by atoms with Crippen LogP contribution in [0, 0.1) is 0 Å². The first-order valence-electron chi connectivity index (χ1n) is 6.29. The van der Waals surface area contributed by atoms with Gasteiger partial charge in [-0.3, -0.25) is 4.79 Å². The number of thioether (sulfide) groups is 1. The Morgan fingerprint density at radius 2 is 2.28 bits per heavy atom. The topological polar surface area (TPSA) is 46.3 Å². The van der Waals surface area contributed by atoms with Crippen molar-refractivity contribution in [1.29, 1.82) is 0 Å². The van der Waals surface area contributed by atoms with E-state index in [-0.39, 0.29) is 5.91 Å². The Morgan fingerprint density at radius 1 is 1.50 bits per heavy atom. The van der Waals surface area contributed by atoms with Gasteiger partial charge in [0.1, 0.15) is 0 Å². The molecular formula is C14H20N2OS. The molecular weight excluding hydrogens is 244 g/mol. The number of hydrogen-bond acceptors (Lipinski definition) is 3. The Hall–Kier alpha value is -1.00. The third-order valence-corrected chi connectivity index (χ3v) is 4.39. The van der Waals surface area contributed by atoms with Crippen molar-refractivity contribution < 1.29 is 4.79 Å². The zero-order valence-electron chi connectivity index (χ0n) is 11.0. The first-order chi connectivity index (χ1) is 8.58. The molecule has 98 valence electrons. The van der Waals surface area contributed by atoms with Crippen molar-refractivity contribution in [2.75, 3.05) is 19.8 Å². The summed E-state index contributed by atoms with van der Waals surface area (Å²) in [5.41, 5.74) is 8.51. The average Bonchev–Trinajstić information content (AvgIpc) is 2.37. The summed E-state index contributed by atoms with van der Waals surface area (Å²) in [5.74, 6) is 1.20. The minimum absolute atomic E-state index is 0.0119. The summed E-state index contributed by atoms with van der Waals surface area (Å²) in [4.78, 5) is 14.7. The fraction of sp³-hybridized carbons (Fsp3) is 0.500. The maximum Gasteiger partial charge on any atom is 0.239 e. The molecule has 0 aromatic heterocycles. The predicted molar refractivity (Wildman–Crippen MR) is 75.9 cm³/mol. The van der Waals surface area contributed by atoms with E-state index in [0.717, 1.165) is 6.42 Å². The van der Waals surface area contributed by atoms with Crippen LogP contribution in [0.25, 0.3) is 0 Å². The van der Waals surface area contributed by atoms with Gasteiger partial charge in [0.15, 0.2) is 0 Å². The van der Waals surface area contributed by atoms with Gasteiger partial charge in [0.25, 0.3) is 0 Å². The number of carbonyl (C=O) groups excluding carboxylic acids is 1. The van der Waals surface area contributed by atoms with E-state index in [2.05, 4.69) is 18.2 Å². The molecule has 0 saturated heterocycles. The second-order valence-electron chi connectivity index (χ2n) is 4.94. The van der Waals surface area contributed by atoms with Crippen molar-refractivity contribution >= 4 is 17.7 Å². The number of benzene rings is 1. The van der Waals surface area contributed by atoms with Crippen LogP contribution < -0.4 is 5.73 Å². The smallest absolute Gasteiger partial charge is 0.239 e. The Balaban J connectivity index is 2.08.